The third kappa shape index (κ3) is 2.71. The molecule has 0 amide bonds. The van der Waals surface area contributed by atoms with Gasteiger partial charge in [0, 0.05) is 18.6 Å². The lowest BCUT2D eigenvalue weighted by Crippen LogP contribution is -2.46. The van der Waals surface area contributed by atoms with Gasteiger partial charge in [-0.1, -0.05) is 19.3 Å². The van der Waals surface area contributed by atoms with Gasteiger partial charge in [-0.3, -0.25) is 4.79 Å². The lowest BCUT2D eigenvalue weighted by Gasteiger charge is -2.43. The number of carbonyl (C=O) groups is 1. The van der Waals surface area contributed by atoms with Gasteiger partial charge in [0.15, 0.2) is 0 Å². The van der Waals surface area contributed by atoms with E-state index in [2.05, 4.69) is 0 Å². The molecule has 4 heteroatoms. The Morgan fingerprint density at radius 3 is 2.63 bits per heavy atom. The van der Waals surface area contributed by atoms with Crippen molar-refractivity contribution in [3.05, 3.63) is 0 Å². The van der Waals surface area contributed by atoms with Crippen molar-refractivity contribution in [2.45, 2.75) is 56.6 Å². The summed E-state index contributed by atoms with van der Waals surface area (Å²) >= 11 is 0. The Balaban J connectivity index is 1.65. The van der Waals surface area contributed by atoms with Crippen LogP contribution in [0.5, 0.6) is 0 Å². The first-order valence-corrected chi connectivity index (χ1v) is 7.71. The second kappa shape index (κ2) is 5.51. The molecule has 2 saturated heterocycles. The Hall–Kier alpha value is -0.450. The predicted octanol–water partition coefficient (Wildman–Crippen LogP) is 1.66. The number of nitrogens with two attached hydrogens (primary N) is 1. The van der Waals surface area contributed by atoms with Crippen LogP contribution in [0.3, 0.4) is 0 Å². The van der Waals surface area contributed by atoms with Gasteiger partial charge in [0.05, 0.1) is 24.7 Å². The number of hydrogen-bond donors (Lipinski definition) is 1. The van der Waals surface area contributed by atoms with E-state index < -0.39 is 0 Å². The van der Waals surface area contributed by atoms with Crippen LogP contribution in [-0.2, 0) is 14.3 Å². The highest BCUT2D eigenvalue weighted by molar-refractivity contribution is 5.84. The summed E-state index contributed by atoms with van der Waals surface area (Å²) in [5.74, 6) is 0.395. The zero-order valence-corrected chi connectivity index (χ0v) is 11.6. The standard InChI is InChI=1S/C15H25NO3/c16-13-10-18-9-12(13)14(17)11-4-7-19-15(8-11)5-2-1-3-6-15/h11-13H,1-10,16H2. The molecular weight excluding hydrogens is 242 g/mol. The van der Waals surface area contributed by atoms with E-state index in [0.29, 0.717) is 19.0 Å². The summed E-state index contributed by atoms with van der Waals surface area (Å²) in [5.41, 5.74) is 5.98. The maximum atomic E-state index is 12.6. The van der Waals surface area contributed by atoms with Crippen LogP contribution in [0.2, 0.25) is 0 Å². The Morgan fingerprint density at radius 1 is 1.16 bits per heavy atom. The van der Waals surface area contributed by atoms with E-state index >= 15 is 0 Å². The van der Waals surface area contributed by atoms with Gasteiger partial charge >= 0.3 is 0 Å². The van der Waals surface area contributed by atoms with Crippen LogP contribution in [0, 0.1) is 11.8 Å². The maximum Gasteiger partial charge on any atom is 0.143 e. The minimum Gasteiger partial charge on any atom is -0.379 e. The normalized spacial score (nSPS) is 38.5. The third-order valence-corrected chi connectivity index (χ3v) is 5.15. The molecule has 2 heterocycles. The van der Waals surface area contributed by atoms with Crippen molar-refractivity contribution in [3.63, 3.8) is 0 Å². The first-order chi connectivity index (χ1) is 9.20. The molecule has 3 fully saturated rings. The van der Waals surface area contributed by atoms with Gasteiger partial charge in [-0.2, -0.15) is 0 Å². The summed E-state index contributed by atoms with van der Waals surface area (Å²) in [6, 6.07) is -0.0994. The van der Waals surface area contributed by atoms with Gasteiger partial charge in [0.2, 0.25) is 0 Å². The fraction of sp³-hybridized carbons (Fsp3) is 0.933. The zero-order chi connectivity index (χ0) is 13.3. The topological polar surface area (TPSA) is 61.5 Å². The minimum absolute atomic E-state index is 0.000380. The number of Topliss-reactive ketones (excluding diaryl/α,β-unsaturated/α-hetero) is 1. The average molecular weight is 267 g/mol. The van der Waals surface area contributed by atoms with Crippen molar-refractivity contribution in [2.75, 3.05) is 19.8 Å². The summed E-state index contributed by atoms with van der Waals surface area (Å²) < 4.78 is 11.4. The van der Waals surface area contributed by atoms with Crippen molar-refractivity contribution < 1.29 is 14.3 Å². The lowest BCUT2D eigenvalue weighted by atomic mass is 9.73. The Bertz CT molecular complexity index is 333. The monoisotopic (exact) mass is 267 g/mol. The summed E-state index contributed by atoms with van der Waals surface area (Å²) in [6.45, 7) is 1.79. The summed E-state index contributed by atoms with van der Waals surface area (Å²) in [5, 5.41) is 0. The number of hydrogen-bond acceptors (Lipinski definition) is 4. The van der Waals surface area contributed by atoms with Gasteiger partial charge in [-0.25, -0.2) is 0 Å². The highest BCUT2D eigenvalue weighted by Crippen LogP contribution is 2.41. The first kappa shape index (κ1) is 13.5. The van der Waals surface area contributed by atoms with Crippen LogP contribution in [0.25, 0.3) is 0 Å². The minimum atomic E-state index is -0.0994. The van der Waals surface area contributed by atoms with E-state index in [-0.39, 0.29) is 23.5 Å². The van der Waals surface area contributed by atoms with Crippen LogP contribution in [0.1, 0.15) is 44.9 Å². The van der Waals surface area contributed by atoms with E-state index in [1.165, 1.54) is 19.3 Å². The number of rotatable bonds is 2. The van der Waals surface area contributed by atoms with Gasteiger partial charge < -0.3 is 15.2 Å². The van der Waals surface area contributed by atoms with Crippen molar-refractivity contribution in [1.29, 1.82) is 0 Å². The Labute approximate surface area is 115 Å². The molecule has 19 heavy (non-hydrogen) atoms. The van der Waals surface area contributed by atoms with Gasteiger partial charge in [0.25, 0.3) is 0 Å². The molecule has 3 atom stereocenters. The largest absolute Gasteiger partial charge is 0.379 e. The summed E-state index contributed by atoms with van der Waals surface area (Å²) in [6.07, 6.45) is 7.83. The van der Waals surface area contributed by atoms with Crippen LogP contribution in [0.15, 0.2) is 0 Å². The molecule has 1 spiro atoms. The van der Waals surface area contributed by atoms with Crippen LogP contribution >= 0.6 is 0 Å². The number of ether oxygens (including phenoxy) is 2. The fourth-order valence-corrected chi connectivity index (χ4v) is 3.98. The molecule has 1 saturated carbocycles. The quantitative estimate of drug-likeness (QED) is 0.826. The van der Waals surface area contributed by atoms with E-state index in [1.807, 2.05) is 0 Å². The van der Waals surface area contributed by atoms with Gasteiger partial charge in [-0.05, 0) is 25.7 Å². The van der Waals surface area contributed by atoms with Crippen molar-refractivity contribution >= 4 is 5.78 Å². The Kier molecular flexibility index (Phi) is 3.92. The summed E-state index contributed by atoms with van der Waals surface area (Å²) in [7, 11) is 0. The maximum absolute atomic E-state index is 12.6. The van der Waals surface area contributed by atoms with Crippen LogP contribution in [0.4, 0.5) is 0 Å². The molecule has 2 aliphatic heterocycles. The van der Waals surface area contributed by atoms with Crippen LogP contribution in [-0.4, -0.2) is 37.2 Å². The van der Waals surface area contributed by atoms with E-state index in [9.17, 15) is 4.79 Å². The first-order valence-electron chi connectivity index (χ1n) is 7.71. The van der Waals surface area contributed by atoms with Crippen molar-refractivity contribution in [2.24, 2.45) is 17.6 Å². The number of ketones is 1. The second-order valence-corrected chi connectivity index (χ2v) is 6.49. The molecule has 3 rings (SSSR count). The third-order valence-electron chi connectivity index (χ3n) is 5.15. The molecular formula is C15H25NO3. The highest BCUT2D eigenvalue weighted by atomic mass is 16.5. The second-order valence-electron chi connectivity index (χ2n) is 6.49. The average Bonchev–Trinajstić information content (AvgIpc) is 2.85. The van der Waals surface area contributed by atoms with Crippen molar-refractivity contribution in [1.82, 2.24) is 0 Å². The fourth-order valence-electron chi connectivity index (χ4n) is 3.98. The van der Waals surface area contributed by atoms with Gasteiger partial charge in [-0.15, -0.1) is 0 Å². The molecule has 0 aromatic heterocycles. The van der Waals surface area contributed by atoms with Crippen molar-refractivity contribution in [3.8, 4) is 0 Å². The molecule has 108 valence electrons. The lowest BCUT2D eigenvalue weighted by molar-refractivity contribution is -0.146. The molecule has 3 unspecified atom stereocenters. The predicted molar refractivity (Wildman–Crippen MR) is 71.8 cm³/mol. The molecule has 0 aromatic rings. The Morgan fingerprint density at radius 2 is 1.95 bits per heavy atom. The SMILES string of the molecule is NC1COCC1C(=O)C1CCOC2(CCCCC2)C1. The molecule has 0 bridgehead atoms. The smallest absolute Gasteiger partial charge is 0.143 e. The van der Waals surface area contributed by atoms with E-state index in [1.54, 1.807) is 0 Å². The van der Waals surface area contributed by atoms with E-state index in [0.717, 1.165) is 32.3 Å². The summed E-state index contributed by atoms with van der Waals surface area (Å²) in [4.78, 5) is 12.6. The highest BCUT2D eigenvalue weighted by Gasteiger charge is 2.43. The zero-order valence-electron chi connectivity index (χ0n) is 11.6. The molecule has 3 aliphatic rings. The molecule has 4 nitrogen and oxygen atoms in total. The van der Waals surface area contributed by atoms with E-state index in [4.69, 9.17) is 15.2 Å². The molecule has 2 N–H and O–H groups in total. The molecule has 0 aromatic carbocycles. The van der Waals surface area contributed by atoms with Gasteiger partial charge in [0.1, 0.15) is 5.78 Å². The molecule has 1 aliphatic carbocycles. The van der Waals surface area contributed by atoms with Crippen LogP contribution < -0.4 is 5.73 Å². The number of carbonyl (C=O) groups excluding carboxylic acids is 1. The molecule has 0 radical (unpaired) electrons.